The minimum absolute atomic E-state index is 0.00743. The topological polar surface area (TPSA) is 89.0 Å². The first kappa shape index (κ1) is 24.4. The molecule has 35 heavy (non-hydrogen) atoms. The zero-order valence-electron chi connectivity index (χ0n) is 20.2. The fourth-order valence-corrected chi connectivity index (χ4v) is 4.81. The first-order chi connectivity index (χ1) is 16.9. The number of pyridine rings is 1. The minimum Gasteiger partial charge on any atom is -0.493 e. The highest BCUT2D eigenvalue weighted by Gasteiger charge is 2.42. The highest BCUT2D eigenvalue weighted by Crippen LogP contribution is 2.40. The standard InChI is InChI=1S/C27H31N3O5/c1-3-35-23-7-5-4-6-20(23)9-11-24(31)29-15-12-27(13-16-29)14-17-30(19-27)25(32)22-10-8-21(18-28-22)26(33)34-2/h4-11,18H,3,12-17,19H2,1-2H3/b11-9+. The number of piperidine rings is 1. The van der Waals surface area contributed by atoms with E-state index in [9.17, 15) is 14.4 Å². The van der Waals surface area contributed by atoms with E-state index in [0.29, 0.717) is 44.0 Å². The van der Waals surface area contributed by atoms with Crippen molar-refractivity contribution in [1.29, 1.82) is 0 Å². The number of carbonyl (C=O) groups excluding carboxylic acids is 3. The Morgan fingerprint density at radius 2 is 1.74 bits per heavy atom. The van der Waals surface area contributed by atoms with E-state index in [1.807, 2.05) is 47.1 Å². The third-order valence-corrected chi connectivity index (χ3v) is 6.89. The number of esters is 1. The summed E-state index contributed by atoms with van der Waals surface area (Å²) in [4.78, 5) is 45.2. The Labute approximate surface area is 205 Å². The van der Waals surface area contributed by atoms with Crippen LogP contribution in [0.3, 0.4) is 0 Å². The number of aromatic nitrogens is 1. The average molecular weight is 478 g/mol. The number of hydrogen-bond acceptors (Lipinski definition) is 6. The zero-order valence-corrected chi connectivity index (χ0v) is 20.2. The molecule has 2 aromatic rings. The summed E-state index contributed by atoms with van der Waals surface area (Å²) in [6.07, 6.45) is 7.44. The Kier molecular flexibility index (Phi) is 7.48. The quantitative estimate of drug-likeness (QED) is 0.468. The van der Waals surface area contributed by atoms with Crippen molar-refractivity contribution in [1.82, 2.24) is 14.8 Å². The number of benzene rings is 1. The normalized spacial score (nSPS) is 17.1. The van der Waals surface area contributed by atoms with Gasteiger partial charge < -0.3 is 19.3 Å². The van der Waals surface area contributed by atoms with Gasteiger partial charge in [-0.05, 0) is 55.9 Å². The van der Waals surface area contributed by atoms with Crippen LogP contribution >= 0.6 is 0 Å². The van der Waals surface area contributed by atoms with Crippen LogP contribution in [0.5, 0.6) is 5.75 Å². The molecule has 8 nitrogen and oxygen atoms in total. The second kappa shape index (κ2) is 10.7. The zero-order chi connectivity index (χ0) is 24.8. The number of amides is 2. The fraction of sp³-hybridized carbons (Fsp3) is 0.407. The number of carbonyl (C=O) groups is 3. The smallest absolute Gasteiger partial charge is 0.339 e. The molecule has 2 saturated heterocycles. The molecule has 0 unspecified atom stereocenters. The third kappa shape index (κ3) is 5.53. The summed E-state index contributed by atoms with van der Waals surface area (Å²) in [7, 11) is 1.31. The molecule has 8 heteroatoms. The maximum absolute atomic E-state index is 13.0. The van der Waals surface area contributed by atoms with Crippen molar-refractivity contribution in [3.63, 3.8) is 0 Å². The van der Waals surface area contributed by atoms with Crippen molar-refractivity contribution in [2.45, 2.75) is 26.2 Å². The van der Waals surface area contributed by atoms with Gasteiger partial charge >= 0.3 is 5.97 Å². The molecule has 0 N–H and O–H groups in total. The lowest BCUT2D eigenvalue weighted by molar-refractivity contribution is -0.128. The van der Waals surface area contributed by atoms with Gasteiger partial charge in [0.15, 0.2) is 0 Å². The molecule has 0 saturated carbocycles. The number of ether oxygens (including phenoxy) is 2. The first-order valence-corrected chi connectivity index (χ1v) is 12.0. The Bertz CT molecular complexity index is 1100. The predicted molar refractivity (Wildman–Crippen MR) is 131 cm³/mol. The molecule has 0 radical (unpaired) electrons. The molecule has 1 aromatic carbocycles. The summed E-state index contributed by atoms with van der Waals surface area (Å²) in [5.74, 6) is 0.146. The molecule has 0 atom stereocenters. The maximum atomic E-state index is 13.0. The molecule has 2 aliphatic rings. The Balaban J connectivity index is 1.32. The van der Waals surface area contributed by atoms with Crippen molar-refractivity contribution in [2.24, 2.45) is 5.41 Å². The predicted octanol–water partition coefficient (Wildman–Crippen LogP) is 3.44. The van der Waals surface area contributed by atoms with E-state index in [1.165, 1.54) is 13.3 Å². The van der Waals surface area contributed by atoms with Crippen LogP contribution in [0, 0.1) is 5.41 Å². The van der Waals surface area contributed by atoms with Crippen LogP contribution in [0.1, 0.15) is 52.6 Å². The van der Waals surface area contributed by atoms with Crippen molar-refractivity contribution >= 4 is 23.9 Å². The van der Waals surface area contributed by atoms with E-state index < -0.39 is 5.97 Å². The molecule has 1 spiro atoms. The maximum Gasteiger partial charge on any atom is 0.339 e. The van der Waals surface area contributed by atoms with Gasteiger partial charge in [-0.25, -0.2) is 4.79 Å². The molecule has 2 amide bonds. The fourth-order valence-electron chi connectivity index (χ4n) is 4.81. The van der Waals surface area contributed by atoms with Gasteiger partial charge in [0.25, 0.3) is 5.91 Å². The van der Waals surface area contributed by atoms with Gasteiger partial charge in [0, 0.05) is 44.0 Å². The van der Waals surface area contributed by atoms with Crippen LogP contribution in [0.4, 0.5) is 0 Å². The Morgan fingerprint density at radius 3 is 2.40 bits per heavy atom. The minimum atomic E-state index is -0.480. The molecule has 2 aliphatic heterocycles. The van der Waals surface area contributed by atoms with Crippen LogP contribution in [0.15, 0.2) is 48.7 Å². The van der Waals surface area contributed by atoms with Gasteiger partial charge in [-0.3, -0.25) is 14.6 Å². The van der Waals surface area contributed by atoms with E-state index in [0.717, 1.165) is 30.6 Å². The van der Waals surface area contributed by atoms with E-state index in [-0.39, 0.29) is 17.2 Å². The summed E-state index contributed by atoms with van der Waals surface area (Å²) in [6.45, 7) is 5.17. The van der Waals surface area contributed by atoms with Crippen molar-refractivity contribution in [2.75, 3.05) is 39.9 Å². The lowest BCUT2D eigenvalue weighted by Crippen LogP contribution is -2.44. The van der Waals surface area contributed by atoms with E-state index >= 15 is 0 Å². The monoisotopic (exact) mass is 477 g/mol. The summed E-state index contributed by atoms with van der Waals surface area (Å²) < 4.78 is 10.3. The van der Waals surface area contributed by atoms with Gasteiger partial charge in [0.2, 0.25) is 5.91 Å². The Hall–Kier alpha value is -3.68. The van der Waals surface area contributed by atoms with Gasteiger partial charge in [-0.15, -0.1) is 0 Å². The number of nitrogens with zero attached hydrogens (tertiary/aromatic N) is 3. The van der Waals surface area contributed by atoms with Crippen LogP contribution in [-0.2, 0) is 9.53 Å². The molecule has 2 fully saturated rings. The lowest BCUT2D eigenvalue weighted by atomic mass is 9.78. The average Bonchev–Trinajstić information content (AvgIpc) is 3.31. The van der Waals surface area contributed by atoms with Crippen molar-refractivity contribution in [3.05, 3.63) is 65.5 Å². The molecule has 4 rings (SSSR count). The summed E-state index contributed by atoms with van der Waals surface area (Å²) in [5.41, 5.74) is 1.55. The van der Waals surface area contributed by atoms with E-state index in [4.69, 9.17) is 4.74 Å². The number of methoxy groups -OCH3 is 1. The van der Waals surface area contributed by atoms with E-state index in [2.05, 4.69) is 9.72 Å². The second-order valence-corrected chi connectivity index (χ2v) is 9.03. The van der Waals surface area contributed by atoms with Crippen molar-refractivity contribution in [3.8, 4) is 5.75 Å². The Morgan fingerprint density at radius 1 is 1.03 bits per heavy atom. The van der Waals surface area contributed by atoms with E-state index in [1.54, 1.807) is 18.2 Å². The summed E-state index contributed by atoms with van der Waals surface area (Å²) in [6, 6.07) is 10.8. The molecule has 1 aromatic heterocycles. The van der Waals surface area contributed by atoms with Crippen LogP contribution < -0.4 is 4.74 Å². The largest absolute Gasteiger partial charge is 0.493 e. The lowest BCUT2D eigenvalue weighted by Gasteiger charge is -2.38. The molecule has 3 heterocycles. The second-order valence-electron chi connectivity index (χ2n) is 9.03. The summed E-state index contributed by atoms with van der Waals surface area (Å²) >= 11 is 0. The SMILES string of the molecule is CCOc1ccccc1/C=C/C(=O)N1CCC2(CC1)CCN(C(=O)c1ccc(C(=O)OC)cn1)C2. The summed E-state index contributed by atoms with van der Waals surface area (Å²) in [5, 5.41) is 0. The van der Waals surface area contributed by atoms with Crippen LogP contribution in [0.2, 0.25) is 0 Å². The van der Waals surface area contributed by atoms with Crippen LogP contribution in [0.25, 0.3) is 6.08 Å². The highest BCUT2D eigenvalue weighted by molar-refractivity contribution is 5.94. The molecular weight excluding hydrogens is 446 g/mol. The van der Waals surface area contributed by atoms with Gasteiger partial charge in [0.05, 0.1) is 19.3 Å². The van der Waals surface area contributed by atoms with Gasteiger partial charge in [0.1, 0.15) is 11.4 Å². The molecular formula is C27H31N3O5. The number of likely N-dealkylation sites (tertiary alicyclic amines) is 2. The van der Waals surface area contributed by atoms with Crippen molar-refractivity contribution < 1.29 is 23.9 Å². The first-order valence-electron chi connectivity index (χ1n) is 12.0. The number of para-hydroxylation sites is 1. The molecule has 0 aliphatic carbocycles. The van der Waals surface area contributed by atoms with Crippen LogP contribution in [-0.4, -0.2) is 72.5 Å². The van der Waals surface area contributed by atoms with Gasteiger partial charge in [-0.1, -0.05) is 18.2 Å². The highest BCUT2D eigenvalue weighted by atomic mass is 16.5. The van der Waals surface area contributed by atoms with Gasteiger partial charge in [-0.2, -0.15) is 0 Å². The number of rotatable bonds is 6. The molecule has 184 valence electrons. The molecule has 0 bridgehead atoms. The number of hydrogen-bond donors (Lipinski definition) is 0. The third-order valence-electron chi connectivity index (χ3n) is 6.89.